The molecule has 1 aromatic rings. The Labute approximate surface area is 92.3 Å². The Morgan fingerprint density at radius 3 is 2.80 bits per heavy atom. The molecule has 1 rings (SSSR count). The number of anilines is 1. The highest BCUT2D eigenvalue weighted by atomic mass is 15.0. The summed E-state index contributed by atoms with van der Waals surface area (Å²) in [6.45, 7) is 8.36. The second-order valence-corrected chi connectivity index (χ2v) is 4.13. The van der Waals surface area contributed by atoms with E-state index < -0.39 is 0 Å². The quantitative estimate of drug-likeness (QED) is 0.806. The van der Waals surface area contributed by atoms with Gasteiger partial charge in [0.1, 0.15) is 5.82 Å². The second kappa shape index (κ2) is 5.69. The first kappa shape index (κ1) is 12.0. The summed E-state index contributed by atoms with van der Waals surface area (Å²) in [4.78, 5) is 8.73. The molecule has 0 bridgehead atoms. The molecule has 0 radical (unpaired) electrons. The first-order valence-corrected chi connectivity index (χ1v) is 5.70. The normalized spacial score (nSPS) is 12.5. The van der Waals surface area contributed by atoms with Gasteiger partial charge in [0.25, 0.3) is 0 Å². The van der Waals surface area contributed by atoms with E-state index in [1.807, 2.05) is 13.8 Å². The minimum atomic E-state index is 0.472. The Kier molecular flexibility index (Phi) is 4.53. The third kappa shape index (κ3) is 3.86. The third-order valence-electron chi connectivity index (χ3n) is 2.45. The maximum atomic E-state index is 4.45. The van der Waals surface area contributed by atoms with Crippen molar-refractivity contribution in [1.82, 2.24) is 9.97 Å². The Balaban J connectivity index is 2.59. The van der Waals surface area contributed by atoms with Gasteiger partial charge in [-0.2, -0.15) is 0 Å². The smallest absolute Gasteiger partial charge is 0.147 e. The molecule has 1 atom stereocenters. The summed E-state index contributed by atoms with van der Waals surface area (Å²) in [6.07, 6.45) is 5.49. The molecule has 0 aliphatic rings. The summed E-state index contributed by atoms with van der Waals surface area (Å²) in [7, 11) is 0. The highest BCUT2D eigenvalue weighted by Crippen LogP contribution is 2.12. The van der Waals surface area contributed by atoms with Crippen LogP contribution in [0.1, 0.15) is 44.5 Å². The molecule has 0 spiro atoms. The maximum absolute atomic E-state index is 4.45. The number of hydrogen-bond donors (Lipinski definition) is 1. The molecule has 15 heavy (non-hydrogen) atoms. The first-order chi connectivity index (χ1) is 7.13. The van der Waals surface area contributed by atoms with Gasteiger partial charge in [-0.1, -0.05) is 19.8 Å². The largest absolute Gasteiger partial charge is 0.366 e. The molecule has 0 aliphatic heterocycles. The van der Waals surface area contributed by atoms with Gasteiger partial charge in [-0.15, -0.1) is 0 Å². The highest BCUT2D eigenvalue weighted by Gasteiger charge is 2.05. The van der Waals surface area contributed by atoms with Gasteiger partial charge in [-0.25, -0.2) is 4.98 Å². The summed E-state index contributed by atoms with van der Waals surface area (Å²) < 4.78 is 0. The van der Waals surface area contributed by atoms with Crippen molar-refractivity contribution >= 4 is 5.82 Å². The van der Waals surface area contributed by atoms with Gasteiger partial charge >= 0.3 is 0 Å². The van der Waals surface area contributed by atoms with Gasteiger partial charge < -0.3 is 5.32 Å². The molecule has 1 N–H and O–H groups in total. The number of nitrogens with one attached hydrogen (secondary N) is 1. The summed E-state index contributed by atoms with van der Waals surface area (Å²) in [5.41, 5.74) is 1.94. The number of rotatable bonds is 5. The molecule has 0 fully saturated rings. The van der Waals surface area contributed by atoms with Crippen molar-refractivity contribution in [2.75, 3.05) is 5.32 Å². The average Bonchev–Trinajstić information content (AvgIpc) is 2.20. The zero-order valence-corrected chi connectivity index (χ0v) is 10.2. The van der Waals surface area contributed by atoms with Crippen LogP contribution in [0.4, 0.5) is 5.82 Å². The molecule has 0 amide bonds. The summed E-state index contributed by atoms with van der Waals surface area (Å²) in [5.74, 6) is 0.929. The number of aryl methyl sites for hydroxylation is 2. The topological polar surface area (TPSA) is 37.8 Å². The van der Waals surface area contributed by atoms with Crippen molar-refractivity contribution in [3.8, 4) is 0 Å². The van der Waals surface area contributed by atoms with Crippen molar-refractivity contribution < 1.29 is 0 Å². The van der Waals surface area contributed by atoms with Crippen molar-refractivity contribution in [2.45, 2.75) is 53.0 Å². The fraction of sp³-hybridized carbons (Fsp3) is 0.667. The summed E-state index contributed by atoms with van der Waals surface area (Å²) >= 11 is 0. The third-order valence-corrected chi connectivity index (χ3v) is 2.45. The van der Waals surface area contributed by atoms with E-state index in [0.29, 0.717) is 6.04 Å². The van der Waals surface area contributed by atoms with E-state index in [2.05, 4.69) is 29.1 Å². The van der Waals surface area contributed by atoms with Crippen LogP contribution in [0.3, 0.4) is 0 Å². The van der Waals surface area contributed by atoms with E-state index in [1.54, 1.807) is 6.20 Å². The van der Waals surface area contributed by atoms with Crippen LogP contribution in [-0.4, -0.2) is 16.0 Å². The van der Waals surface area contributed by atoms with Gasteiger partial charge in [0.2, 0.25) is 0 Å². The van der Waals surface area contributed by atoms with Gasteiger partial charge in [0, 0.05) is 12.2 Å². The fourth-order valence-electron chi connectivity index (χ4n) is 1.49. The number of unbranched alkanes of at least 4 members (excludes halogenated alkanes) is 1. The summed E-state index contributed by atoms with van der Waals surface area (Å²) in [6, 6.07) is 0.472. The number of nitrogens with zero attached hydrogens (tertiary/aromatic N) is 2. The number of hydrogen-bond acceptors (Lipinski definition) is 3. The van der Waals surface area contributed by atoms with Gasteiger partial charge in [-0.3, -0.25) is 4.98 Å². The molecule has 0 aromatic carbocycles. The lowest BCUT2D eigenvalue weighted by atomic mass is 10.1. The van der Waals surface area contributed by atoms with E-state index >= 15 is 0 Å². The zero-order chi connectivity index (χ0) is 11.3. The van der Waals surface area contributed by atoms with E-state index in [9.17, 15) is 0 Å². The SMILES string of the molecule is CCCCC(C)Nc1nc(C)cnc1C. The Morgan fingerprint density at radius 1 is 1.40 bits per heavy atom. The molecular formula is C12H21N3. The van der Waals surface area contributed by atoms with Crippen LogP contribution in [0.2, 0.25) is 0 Å². The molecular weight excluding hydrogens is 186 g/mol. The fourth-order valence-corrected chi connectivity index (χ4v) is 1.49. The molecule has 0 saturated heterocycles. The lowest BCUT2D eigenvalue weighted by Gasteiger charge is -2.15. The molecule has 0 saturated carbocycles. The van der Waals surface area contributed by atoms with E-state index in [-0.39, 0.29) is 0 Å². The molecule has 1 heterocycles. The molecule has 1 unspecified atom stereocenters. The van der Waals surface area contributed by atoms with Crippen molar-refractivity contribution in [2.24, 2.45) is 0 Å². The lowest BCUT2D eigenvalue weighted by molar-refractivity contribution is 0.642. The van der Waals surface area contributed by atoms with Crippen LogP contribution in [0, 0.1) is 13.8 Å². The first-order valence-electron chi connectivity index (χ1n) is 5.70. The molecule has 3 heteroatoms. The van der Waals surface area contributed by atoms with Crippen molar-refractivity contribution in [3.63, 3.8) is 0 Å². The molecule has 3 nitrogen and oxygen atoms in total. The minimum Gasteiger partial charge on any atom is -0.366 e. The minimum absolute atomic E-state index is 0.472. The molecule has 84 valence electrons. The van der Waals surface area contributed by atoms with Crippen molar-refractivity contribution in [3.05, 3.63) is 17.6 Å². The standard InChI is InChI=1S/C12H21N3/c1-5-6-7-9(2)14-12-11(4)13-8-10(3)15-12/h8-9H,5-7H2,1-4H3,(H,14,15). The van der Waals surface area contributed by atoms with Gasteiger partial charge in [0.15, 0.2) is 0 Å². The monoisotopic (exact) mass is 207 g/mol. The van der Waals surface area contributed by atoms with Crippen molar-refractivity contribution in [1.29, 1.82) is 0 Å². The van der Waals surface area contributed by atoms with Crippen LogP contribution >= 0.6 is 0 Å². The second-order valence-electron chi connectivity index (χ2n) is 4.13. The predicted octanol–water partition coefficient (Wildman–Crippen LogP) is 3.08. The van der Waals surface area contributed by atoms with Crippen LogP contribution in [-0.2, 0) is 0 Å². The van der Waals surface area contributed by atoms with Crippen LogP contribution in [0.25, 0.3) is 0 Å². The lowest BCUT2D eigenvalue weighted by Crippen LogP contribution is -2.17. The predicted molar refractivity (Wildman–Crippen MR) is 64.1 cm³/mol. The zero-order valence-electron chi connectivity index (χ0n) is 10.2. The van der Waals surface area contributed by atoms with E-state index in [4.69, 9.17) is 0 Å². The Bertz CT molecular complexity index is 310. The number of aromatic nitrogens is 2. The highest BCUT2D eigenvalue weighted by molar-refractivity contribution is 5.40. The van der Waals surface area contributed by atoms with Crippen LogP contribution in [0.5, 0.6) is 0 Å². The van der Waals surface area contributed by atoms with Gasteiger partial charge in [0.05, 0.1) is 11.4 Å². The Hall–Kier alpha value is -1.12. The van der Waals surface area contributed by atoms with Gasteiger partial charge in [-0.05, 0) is 27.2 Å². The Morgan fingerprint density at radius 2 is 2.13 bits per heavy atom. The van der Waals surface area contributed by atoms with Crippen LogP contribution < -0.4 is 5.32 Å². The molecule has 0 aliphatic carbocycles. The summed E-state index contributed by atoms with van der Waals surface area (Å²) in [5, 5.41) is 3.41. The van der Waals surface area contributed by atoms with E-state index in [1.165, 1.54) is 19.3 Å². The molecule has 1 aromatic heterocycles. The van der Waals surface area contributed by atoms with Crippen LogP contribution in [0.15, 0.2) is 6.20 Å². The van der Waals surface area contributed by atoms with E-state index in [0.717, 1.165) is 17.2 Å². The maximum Gasteiger partial charge on any atom is 0.147 e. The average molecular weight is 207 g/mol.